The maximum absolute atomic E-state index is 12.3. The van der Waals surface area contributed by atoms with E-state index in [1.54, 1.807) is 55.8 Å². The lowest BCUT2D eigenvalue weighted by Gasteiger charge is -2.08. The lowest BCUT2D eigenvalue weighted by molar-refractivity contribution is 0.0479. The molecular weight excluding hydrogens is 336 g/mol. The van der Waals surface area contributed by atoms with Crippen molar-refractivity contribution in [2.24, 2.45) is 5.73 Å². The molecule has 0 bridgehead atoms. The van der Waals surface area contributed by atoms with Gasteiger partial charge in [0, 0.05) is 23.1 Å². The van der Waals surface area contributed by atoms with E-state index in [-0.39, 0.29) is 36.7 Å². The number of aromatic nitrogens is 1. The van der Waals surface area contributed by atoms with Gasteiger partial charge in [0.25, 0.3) is 0 Å². The van der Waals surface area contributed by atoms with Crippen LogP contribution in [0.4, 0.5) is 0 Å². The van der Waals surface area contributed by atoms with Crippen LogP contribution in [-0.4, -0.2) is 42.0 Å². The third kappa shape index (κ3) is 3.83. The number of benzene rings is 1. The molecule has 0 aliphatic heterocycles. The molecule has 7 nitrogen and oxygen atoms in total. The third-order valence-electron chi connectivity index (χ3n) is 3.88. The first-order chi connectivity index (χ1) is 12.4. The van der Waals surface area contributed by atoms with Crippen LogP contribution >= 0.6 is 0 Å². The fourth-order valence-electron chi connectivity index (χ4n) is 2.62. The van der Waals surface area contributed by atoms with Crippen LogP contribution < -0.4 is 5.73 Å². The van der Waals surface area contributed by atoms with Gasteiger partial charge in [-0.15, -0.1) is 0 Å². The molecule has 1 aromatic heterocycles. The van der Waals surface area contributed by atoms with Crippen molar-refractivity contribution in [3.05, 3.63) is 52.8 Å². The summed E-state index contributed by atoms with van der Waals surface area (Å²) < 4.78 is 11.8. The topological polar surface area (TPSA) is 101 Å². The number of carbonyl (C=O) groups excluding carboxylic acids is 3. The van der Waals surface area contributed by atoms with Crippen molar-refractivity contribution in [2.45, 2.75) is 20.8 Å². The standard InChI is InChI=1S/C19H22N2O5/c1-4-25-18(23)15-11-21(12(3)17(15)19(24)26-5-2)14-8-6-13(7-9-14)16(22)10-20/h6-9,11H,4-5,10,20H2,1-3H3. The summed E-state index contributed by atoms with van der Waals surface area (Å²) in [7, 11) is 0. The van der Waals surface area contributed by atoms with Gasteiger partial charge in [-0.1, -0.05) is 0 Å². The number of Topliss-reactive ketones (excluding diaryl/α,β-unsaturated/α-hetero) is 1. The van der Waals surface area contributed by atoms with E-state index in [2.05, 4.69) is 0 Å². The molecule has 0 saturated carbocycles. The second-order valence-electron chi connectivity index (χ2n) is 5.49. The quantitative estimate of drug-likeness (QED) is 0.602. The predicted molar refractivity (Wildman–Crippen MR) is 95.8 cm³/mol. The Morgan fingerprint density at radius 1 is 1.00 bits per heavy atom. The molecule has 0 saturated heterocycles. The highest BCUT2D eigenvalue weighted by Gasteiger charge is 2.26. The van der Waals surface area contributed by atoms with Crippen LogP contribution in [0.5, 0.6) is 0 Å². The van der Waals surface area contributed by atoms with E-state index in [1.165, 1.54) is 0 Å². The second kappa shape index (κ2) is 8.44. The molecule has 0 radical (unpaired) electrons. The van der Waals surface area contributed by atoms with E-state index in [9.17, 15) is 14.4 Å². The van der Waals surface area contributed by atoms with Crippen molar-refractivity contribution in [3.63, 3.8) is 0 Å². The fourth-order valence-corrected chi connectivity index (χ4v) is 2.62. The molecule has 1 heterocycles. The molecule has 0 unspecified atom stereocenters. The fraction of sp³-hybridized carbons (Fsp3) is 0.316. The number of esters is 2. The molecule has 0 amide bonds. The van der Waals surface area contributed by atoms with Crippen LogP contribution in [0.15, 0.2) is 30.5 Å². The van der Waals surface area contributed by atoms with Gasteiger partial charge in [0.2, 0.25) is 0 Å². The second-order valence-corrected chi connectivity index (χ2v) is 5.49. The van der Waals surface area contributed by atoms with E-state index in [4.69, 9.17) is 15.2 Å². The van der Waals surface area contributed by atoms with Crippen LogP contribution in [-0.2, 0) is 9.47 Å². The first-order valence-corrected chi connectivity index (χ1v) is 8.34. The number of ether oxygens (including phenoxy) is 2. The molecule has 2 aromatic rings. The maximum Gasteiger partial charge on any atom is 0.340 e. The molecule has 0 aliphatic rings. The van der Waals surface area contributed by atoms with Gasteiger partial charge in [0.15, 0.2) is 5.78 Å². The molecule has 0 spiro atoms. The molecule has 138 valence electrons. The summed E-state index contributed by atoms with van der Waals surface area (Å²) in [5.74, 6) is -1.34. The third-order valence-corrected chi connectivity index (χ3v) is 3.88. The molecule has 26 heavy (non-hydrogen) atoms. The summed E-state index contributed by atoms with van der Waals surface area (Å²) in [6, 6.07) is 6.75. The highest BCUT2D eigenvalue weighted by Crippen LogP contribution is 2.24. The monoisotopic (exact) mass is 358 g/mol. The smallest absolute Gasteiger partial charge is 0.340 e. The van der Waals surface area contributed by atoms with Crippen LogP contribution in [0.1, 0.15) is 50.6 Å². The van der Waals surface area contributed by atoms with Crippen LogP contribution in [0.25, 0.3) is 5.69 Å². The zero-order valence-electron chi connectivity index (χ0n) is 15.1. The maximum atomic E-state index is 12.3. The normalized spacial score (nSPS) is 10.5. The minimum absolute atomic E-state index is 0.0676. The van der Waals surface area contributed by atoms with Crippen molar-refractivity contribution < 1.29 is 23.9 Å². The van der Waals surface area contributed by atoms with Gasteiger partial charge in [-0.25, -0.2) is 9.59 Å². The van der Waals surface area contributed by atoms with Crippen LogP contribution in [0.3, 0.4) is 0 Å². The highest BCUT2D eigenvalue weighted by molar-refractivity contribution is 6.04. The van der Waals surface area contributed by atoms with E-state index in [0.717, 1.165) is 0 Å². The predicted octanol–water partition coefficient (Wildman–Crippen LogP) is 2.28. The Hall–Kier alpha value is -2.93. The van der Waals surface area contributed by atoms with Crippen molar-refractivity contribution in [1.82, 2.24) is 4.57 Å². The van der Waals surface area contributed by atoms with Gasteiger partial charge >= 0.3 is 11.9 Å². The average Bonchev–Trinajstić information content (AvgIpc) is 2.99. The Labute approximate surface area is 151 Å². The lowest BCUT2D eigenvalue weighted by atomic mass is 10.1. The van der Waals surface area contributed by atoms with Crippen LogP contribution in [0, 0.1) is 6.92 Å². The number of nitrogens with zero attached hydrogens (tertiary/aromatic N) is 1. The van der Waals surface area contributed by atoms with Gasteiger partial charge in [-0.3, -0.25) is 4.79 Å². The Morgan fingerprint density at radius 2 is 1.58 bits per heavy atom. The summed E-state index contributed by atoms with van der Waals surface area (Å²) in [6.45, 7) is 5.43. The van der Waals surface area contributed by atoms with Crippen molar-refractivity contribution >= 4 is 17.7 Å². The van der Waals surface area contributed by atoms with Gasteiger partial charge in [0.1, 0.15) is 0 Å². The SMILES string of the molecule is CCOC(=O)c1cn(-c2ccc(C(=O)CN)cc2)c(C)c1C(=O)OCC. The molecule has 0 fully saturated rings. The highest BCUT2D eigenvalue weighted by atomic mass is 16.5. The van der Waals surface area contributed by atoms with E-state index >= 15 is 0 Å². The molecule has 2 rings (SSSR count). The first-order valence-electron chi connectivity index (χ1n) is 8.34. The summed E-state index contributed by atoms with van der Waals surface area (Å²) in [4.78, 5) is 36.2. The number of hydrogen-bond donors (Lipinski definition) is 1. The van der Waals surface area contributed by atoms with Crippen molar-refractivity contribution in [2.75, 3.05) is 19.8 Å². The summed E-state index contributed by atoms with van der Waals surface area (Å²) in [5, 5.41) is 0. The Morgan fingerprint density at radius 3 is 2.12 bits per heavy atom. The minimum Gasteiger partial charge on any atom is -0.462 e. The number of ketones is 1. The van der Waals surface area contributed by atoms with Gasteiger partial charge in [0.05, 0.1) is 30.9 Å². The summed E-state index contributed by atoms with van der Waals surface area (Å²) >= 11 is 0. The average molecular weight is 358 g/mol. The van der Waals surface area contributed by atoms with Crippen molar-refractivity contribution in [1.29, 1.82) is 0 Å². The molecule has 1 aromatic carbocycles. The van der Waals surface area contributed by atoms with Gasteiger partial charge in [-0.05, 0) is 45.0 Å². The number of nitrogens with two attached hydrogens (primary N) is 1. The van der Waals surface area contributed by atoms with E-state index in [0.29, 0.717) is 16.9 Å². The first kappa shape index (κ1) is 19.4. The molecule has 0 aliphatic carbocycles. The van der Waals surface area contributed by atoms with E-state index < -0.39 is 11.9 Å². The molecular formula is C19H22N2O5. The Kier molecular flexibility index (Phi) is 6.30. The molecule has 0 atom stereocenters. The van der Waals surface area contributed by atoms with E-state index in [1.807, 2.05) is 0 Å². The zero-order chi connectivity index (χ0) is 19.3. The summed E-state index contributed by atoms with van der Waals surface area (Å²) in [6.07, 6.45) is 1.54. The van der Waals surface area contributed by atoms with Gasteiger partial charge < -0.3 is 19.8 Å². The zero-order valence-corrected chi connectivity index (χ0v) is 15.1. The Balaban J connectivity index is 2.52. The van der Waals surface area contributed by atoms with Crippen molar-refractivity contribution in [3.8, 4) is 5.69 Å². The lowest BCUT2D eigenvalue weighted by Crippen LogP contribution is -2.13. The van der Waals surface area contributed by atoms with Gasteiger partial charge in [-0.2, -0.15) is 0 Å². The largest absolute Gasteiger partial charge is 0.462 e. The molecule has 7 heteroatoms. The Bertz CT molecular complexity index is 821. The number of hydrogen-bond acceptors (Lipinski definition) is 6. The molecule has 2 N–H and O–H groups in total. The minimum atomic E-state index is -0.590. The number of rotatable bonds is 7. The summed E-state index contributed by atoms with van der Waals surface area (Å²) in [5.41, 5.74) is 7.42. The number of carbonyl (C=O) groups is 3. The van der Waals surface area contributed by atoms with Crippen LogP contribution in [0.2, 0.25) is 0 Å².